The lowest BCUT2D eigenvalue weighted by Gasteiger charge is -2.28. The first-order chi connectivity index (χ1) is 23.2. The number of unbranched alkanes of at least 4 members (excludes halogenated alkanes) is 2. The van der Waals surface area contributed by atoms with Gasteiger partial charge in [0.25, 0.3) is 0 Å². The summed E-state index contributed by atoms with van der Waals surface area (Å²) in [6, 6.07) is 17.4. The van der Waals surface area contributed by atoms with Gasteiger partial charge in [-0.3, -0.25) is 24.0 Å². The summed E-state index contributed by atoms with van der Waals surface area (Å²) in [5.41, 5.74) is 18.2. The standard InChI is InChI=1S/C36H47N7O5/c37-19-5-3-16-29(34(46)40-27-14-8-13-26(22-27)33(39)45)41-35(47)30(17-4-6-20-38)42-36(48)31-18-9-21-43(31)32(44)23-25-12-7-11-24-10-1-2-15-28(24)25/h1-2,7-8,10-15,22,29-31H,3-6,9,16-21,23,37-38H2,(H2,39,45)(H,40,46)(H,41,47)(H,42,48). The number of anilines is 1. The highest BCUT2D eigenvalue weighted by atomic mass is 16.2. The SMILES string of the molecule is NCCCCC(NC(=O)C(CCCCN)NC(=O)C1CCCN1C(=O)Cc1cccc2ccccc12)C(=O)Nc1cccc(C(N)=O)c1. The summed E-state index contributed by atoms with van der Waals surface area (Å²) in [6.07, 6.45) is 4.39. The highest BCUT2D eigenvalue weighted by Crippen LogP contribution is 2.23. The maximum Gasteiger partial charge on any atom is 0.248 e. The molecule has 0 saturated carbocycles. The lowest BCUT2D eigenvalue weighted by Crippen LogP contribution is -2.56. The molecule has 3 aromatic carbocycles. The smallest absolute Gasteiger partial charge is 0.248 e. The van der Waals surface area contributed by atoms with E-state index < -0.39 is 41.8 Å². The quantitative estimate of drug-likeness (QED) is 0.120. The lowest BCUT2D eigenvalue weighted by atomic mass is 10.0. The third kappa shape index (κ3) is 9.85. The van der Waals surface area contributed by atoms with E-state index in [-0.39, 0.29) is 17.9 Å². The van der Waals surface area contributed by atoms with Crippen LogP contribution in [-0.2, 0) is 25.6 Å². The van der Waals surface area contributed by atoms with Crippen LogP contribution in [0.4, 0.5) is 5.69 Å². The molecule has 0 aromatic heterocycles. The Morgan fingerprint density at radius 2 is 1.46 bits per heavy atom. The summed E-state index contributed by atoms with van der Waals surface area (Å²) in [7, 11) is 0. The Bertz CT molecular complexity index is 1590. The maximum atomic E-state index is 13.7. The van der Waals surface area contributed by atoms with E-state index in [0.29, 0.717) is 76.7 Å². The van der Waals surface area contributed by atoms with E-state index in [1.807, 2.05) is 42.5 Å². The molecule has 3 aromatic rings. The van der Waals surface area contributed by atoms with E-state index in [0.717, 1.165) is 16.3 Å². The van der Waals surface area contributed by atoms with Crippen molar-refractivity contribution in [3.63, 3.8) is 0 Å². The summed E-state index contributed by atoms with van der Waals surface area (Å²) in [5, 5.41) is 10.5. The first-order valence-electron chi connectivity index (χ1n) is 16.7. The Morgan fingerprint density at radius 1 is 0.792 bits per heavy atom. The van der Waals surface area contributed by atoms with Crippen LogP contribution in [0, 0.1) is 0 Å². The molecule has 0 spiro atoms. The molecule has 0 bridgehead atoms. The molecule has 48 heavy (non-hydrogen) atoms. The minimum Gasteiger partial charge on any atom is -0.366 e. The largest absolute Gasteiger partial charge is 0.366 e. The van der Waals surface area contributed by atoms with Gasteiger partial charge in [-0.15, -0.1) is 0 Å². The normalized spacial score (nSPS) is 15.5. The Morgan fingerprint density at radius 3 is 2.17 bits per heavy atom. The van der Waals surface area contributed by atoms with Gasteiger partial charge in [0.2, 0.25) is 29.5 Å². The van der Waals surface area contributed by atoms with Crippen LogP contribution >= 0.6 is 0 Å². The van der Waals surface area contributed by atoms with E-state index >= 15 is 0 Å². The third-order valence-corrected chi connectivity index (χ3v) is 8.67. The average molecular weight is 658 g/mol. The van der Waals surface area contributed by atoms with Crippen molar-refractivity contribution in [3.8, 4) is 0 Å². The lowest BCUT2D eigenvalue weighted by molar-refractivity contribution is -0.139. The van der Waals surface area contributed by atoms with Crippen LogP contribution in [0.2, 0.25) is 0 Å². The molecule has 1 saturated heterocycles. The number of hydrogen-bond acceptors (Lipinski definition) is 7. The number of carbonyl (C=O) groups is 5. The zero-order valence-corrected chi connectivity index (χ0v) is 27.3. The summed E-state index contributed by atoms with van der Waals surface area (Å²) >= 11 is 0. The van der Waals surface area contributed by atoms with Gasteiger partial charge in [0, 0.05) is 17.8 Å². The van der Waals surface area contributed by atoms with Crippen LogP contribution in [0.1, 0.15) is 67.3 Å². The first kappa shape index (κ1) is 36.0. The van der Waals surface area contributed by atoms with Crippen LogP contribution in [-0.4, -0.2) is 72.2 Å². The van der Waals surface area contributed by atoms with Crippen molar-refractivity contribution in [2.45, 2.75) is 75.9 Å². The molecule has 5 amide bonds. The topological polar surface area (TPSA) is 203 Å². The Labute approximate surface area is 281 Å². The molecular weight excluding hydrogens is 610 g/mol. The van der Waals surface area contributed by atoms with Crippen LogP contribution in [0.15, 0.2) is 66.7 Å². The van der Waals surface area contributed by atoms with E-state index in [1.54, 1.807) is 17.0 Å². The molecule has 3 unspecified atom stereocenters. The molecule has 9 N–H and O–H groups in total. The highest BCUT2D eigenvalue weighted by molar-refractivity contribution is 6.00. The van der Waals surface area contributed by atoms with Gasteiger partial charge < -0.3 is 38.1 Å². The van der Waals surface area contributed by atoms with Gasteiger partial charge in [-0.1, -0.05) is 48.5 Å². The number of benzene rings is 3. The number of nitrogens with two attached hydrogens (primary N) is 3. The number of rotatable bonds is 17. The molecule has 3 atom stereocenters. The molecule has 1 aliphatic rings. The predicted octanol–water partition coefficient (Wildman–Crippen LogP) is 2.34. The maximum absolute atomic E-state index is 13.7. The van der Waals surface area contributed by atoms with E-state index in [9.17, 15) is 24.0 Å². The number of primary amides is 1. The van der Waals surface area contributed by atoms with Gasteiger partial charge in [-0.2, -0.15) is 0 Å². The van der Waals surface area contributed by atoms with E-state index in [1.165, 1.54) is 12.1 Å². The third-order valence-electron chi connectivity index (χ3n) is 8.67. The Kier molecular flexibility index (Phi) is 13.5. The second-order valence-electron chi connectivity index (χ2n) is 12.2. The van der Waals surface area contributed by atoms with Crippen LogP contribution < -0.4 is 33.2 Å². The fraction of sp³-hybridized carbons (Fsp3) is 0.417. The Balaban J connectivity index is 1.45. The van der Waals surface area contributed by atoms with Crippen molar-refractivity contribution in [2.24, 2.45) is 17.2 Å². The number of likely N-dealkylation sites (tertiary alicyclic amines) is 1. The number of amides is 5. The number of nitrogens with zero attached hydrogens (tertiary/aromatic N) is 1. The molecule has 1 heterocycles. The zero-order valence-electron chi connectivity index (χ0n) is 27.3. The van der Waals surface area contributed by atoms with Gasteiger partial charge in [0.15, 0.2) is 0 Å². The molecule has 0 radical (unpaired) electrons. The fourth-order valence-electron chi connectivity index (χ4n) is 6.09. The van der Waals surface area contributed by atoms with Crippen LogP contribution in [0.5, 0.6) is 0 Å². The van der Waals surface area contributed by atoms with Crippen molar-refractivity contribution >= 4 is 46.0 Å². The number of fused-ring (bicyclic) bond motifs is 1. The van der Waals surface area contributed by atoms with Gasteiger partial charge in [-0.05, 0) is 99.0 Å². The average Bonchev–Trinajstić information content (AvgIpc) is 3.58. The summed E-state index contributed by atoms with van der Waals surface area (Å²) in [4.78, 5) is 67.5. The first-order valence-corrected chi connectivity index (χ1v) is 16.7. The van der Waals surface area contributed by atoms with Crippen molar-refractivity contribution in [1.29, 1.82) is 0 Å². The minimum atomic E-state index is -0.942. The molecule has 12 nitrogen and oxygen atoms in total. The summed E-state index contributed by atoms with van der Waals surface area (Å²) in [5.74, 6) is -2.17. The fourth-order valence-corrected chi connectivity index (χ4v) is 6.09. The highest BCUT2D eigenvalue weighted by Gasteiger charge is 2.36. The van der Waals surface area contributed by atoms with E-state index in [4.69, 9.17) is 17.2 Å². The van der Waals surface area contributed by atoms with Crippen molar-refractivity contribution in [3.05, 3.63) is 77.9 Å². The molecule has 12 heteroatoms. The zero-order chi connectivity index (χ0) is 34.5. The minimum absolute atomic E-state index is 0.148. The van der Waals surface area contributed by atoms with Crippen molar-refractivity contribution in [2.75, 3.05) is 25.0 Å². The molecule has 0 aliphatic carbocycles. The second kappa shape index (κ2) is 17.9. The molecule has 1 aliphatic heterocycles. The van der Waals surface area contributed by atoms with Crippen molar-refractivity contribution in [1.82, 2.24) is 15.5 Å². The van der Waals surface area contributed by atoms with E-state index in [2.05, 4.69) is 16.0 Å². The number of hydrogen-bond donors (Lipinski definition) is 6. The predicted molar refractivity (Wildman–Crippen MR) is 186 cm³/mol. The van der Waals surface area contributed by atoms with Crippen molar-refractivity contribution < 1.29 is 24.0 Å². The molecular formula is C36H47N7O5. The molecule has 1 fully saturated rings. The second-order valence-corrected chi connectivity index (χ2v) is 12.2. The van der Waals surface area contributed by atoms with Gasteiger partial charge >= 0.3 is 0 Å². The number of carbonyl (C=O) groups excluding carboxylic acids is 5. The van der Waals surface area contributed by atoms with Gasteiger partial charge in [-0.25, -0.2) is 0 Å². The van der Waals surface area contributed by atoms with Gasteiger partial charge in [0.1, 0.15) is 18.1 Å². The molecule has 256 valence electrons. The van der Waals surface area contributed by atoms with Crippen LogP contribution in [0.3, 0.4) is 0 Å². The molecule has 4 rings (SSSR count). The number of nitrogens with one attached hydrogen (secondary N) is 3. The Hall–Kier alpha value is -4.81. The van der Waals surface area contributed by atoms with Crippen LogP contribution in [0.25, 0.3) is 10.8 Å². The summed E-state index contributed by atoms with van der Waals surface area (Å²) in [6.45, 7) is 1.31. The monoisotopic (exact) mass is 657 g/mol. The van der Waals surface area contributed by atoms with Gasteiger partial charge in [0.05, 0.1) is 6.42 Å². The summed E-state index contributed by atoms with van der Waals surface area (Å²) < 4.78 is 0.